The minimum Gasteiger partial charge on any atom is -0.334 e. The van der Waals surface area contributed by atoms with Crippen LogP contribution in [0, 0.1) is 0 Å². The maximum Gasteiger partial charge on any atom is 0.220 e. The standard InChI is InChI=1S/C21H17N7O2/c1-14(29)28-12-17(8-15-4-2-6-19(10-15)24-26-22)21(30)18(13-28)9-16-5-3-7-20(11-16)25-27-23/h2-11H,12-13H2,1H3/b17-8-,18-9+. The number of likely N-dealkylation sites (tertiary alicyclic amines) is 1. The zero-order valence-corrected chi connectivity index (χ0v) is 16.1. The van der Waals surface area contributed by atoms with Crippen LogP contribution in [0.3, 0.4) is 0 Å². The van der Waals surface area contributed by atoms with Gasteiger partial charge in [-0.2, -0.15) is 0 Å². The van der Waals surface area contributed by atoms with Crippen LogP contribution in [0.25, 0.3) is 33.0 Å². The van der Waals surface area contributed by atoms with E-state index in [-0.39, 0.29) is 24.8 Å². The fourth-order valence-corrected chi connectivity index (χ4v) is 3.12. The predicted octanol–water partition coefficient (Wildman–Crippen LogP) is 5.47. The van der Waals surface area contributed by atoms with Crippen molar-refractivity contribution in [2.45, 2.75) is 6.92 Å². The minimum atomic E-state index is -0.170. The normalized spacial score (nSPS) is 16.2. The molecule has 0 aliphatic carbocycles. The molecule has 0 radical (unpaired) electrons. The van der Waals surface area contributed by atoms with E-state index in [1.807, 2.05) is 0 Å². The highest BCUT2D eigenvalue weighted by atomic mass is 16.2. The Morgan fingerprint density at radius 2 is 1.40 bits per heavy atom. The summed E-state index contributed by atoms with van der Waals surface area (Å²) in [6, 6.07) is 13.7. The van der Waals surface area contributed by atoms with Crippen molar-refractivity contribution >= 4 is 35.2 Å². The Kier molecular flexibility index (Phi) is 6.29. The van der Waals surface area contributed by atoms with E-state index in [1.165, 1.54) is 6.92 Å². The van der Waals surface area contributed by atoms with Crippen molar-refractivity contribution in [1.82, 2.24) is 4.90 Å². The molecule has 1 heterocycles. The molecule has 148 valence electrons. The van der Waals surface area contributed by atoms with Gasteiger partial charge in [0.05, 0.1) is 0 Å². The Morgan fingerprint density at radius 3 is 1.80 bits per heavy atom. The second-order valence-corrected chi connectivity index (χ2v) is 6.61. The highest BCUT2D eigenvalue weighted by Crippen LogP contribution is 2.25. The van der Waals surface area contributed by atoms with Crippen LogP contribution in [0.15, 0.2) is 69.9 Å². The number of nitrogens with zero attached hydrogens (tertiary/aromatic N) is 7. The minimum absolute atomic E-state index is 0.148. The summed E-state index contributed by atoms with van der Waals surface area (Å²) in [5.74, 6) is -0.319. The molecule has 0 atom stereocenters. The maximum atomic E-state index is 13.1. The Bertz CT molecular complexity index is 1090. The Labute approximate surface area is 172 Å². The number of carbonyl (C=O) groups excluding carboxylic acids is 2. The van der Waals surface area contributed by atoms with E-state index in [2.05, 4.69) is 20.1 Å². The molecule has 1 fully saturated rings. The number of piperidine rings is 1. The van der Waals surface area contributed by atoms with E-state index >= 15 is 0 Å². The SMILES string of the molecule is CC(=O)N1C/C(=C/c2cccc(N=[N+]=[N-])c2)C(=O)/C(=C/c2cccc(N=[N+]=[N-])c2)C1. The van der Waals surface area contributed by atoms with Crippen LogP contribution < -0.4 is 0 Å². The van der Waals surface area contributed by atoms with Gasteiger partial charge < -0.3 is 4.90 Å². The first-order chi connectivity index (χ1) is 14.5. The van der Waals surface area contributed by atoms with Crippen molar-refractivity contribution in [2.24, 2.45) is 10.2 Å². The average Bonchev–Trinajstić information content (AvgIpc) is 2.72. The van der Waals surface area contributed by atoms with Crippen molar-refractivity contribution in [1.29, 1.82) is 0 Å². The summed E-state index contributed by atoms with van der Waals surface area (Å²) < 4.78 is 0. The summed E-state index contributed by atoms with van der Waals surface area (Å²) in [6.45, 7) is 1.83. The molecule has 0 unspecified atom stereocenters. The van der Waals surface area contributed by atoms with Gasteiger partial charge in [-0.05, 0) is 46.5 Å². The lowest BCUT2D eigenvalue weighted by Gasteiger charge is -2.29. The maximum absolute atomic E-state index is 13.1. The summed E-state index contributed by atoms with van der Waals surface area (Å²) in [4.78, 5) is 32.2. The summed E-state index contributed by atoms with van der Waals surface area (Å²) in [5, 5.41) is 7.15. The lowest BCUT2D eigenvalue weighted by atomic mass is 9.94. The molecule has 0 N–H and O–H groups in total. The number of hydrogen-bond donors (Lipinski definition) is 0. The molecule has 0 aromatic heterocycles. The largest absolute Gasteiger partial charge is 0.334 e. The van der Waals surface area contributed by atoms with E-state index in [9.17, 15) is 9.59 Å². The fourth-order valence-electron chi connectivity index (χ4n) is 3.12. The van der Waals surface area contributed by atoms with Gasteiger partial charge in [-0.15, -0.1) is 0 Å². The molecule has 0 spiro atoms. The fraction of sp³-hybridized carbons (Fsp3) is 0.143. The number of Topliss-reactive ketones (excluding diaryl/α,β-unsaturated/α-hetero) is 1. The van der Waals surface area contributed by atoms with Gasteiger partial charge in [0.2, 0.25) is 5.91 Å². The average molecular weight is 399 g/mol. The summed E-state index contributed by atoms with van der Waals surface area (Å²) in [7, 11) is 0. The molecule has 1 saturated heterocycles. The van der Waals surface area contributed by atoms with Gasteiger partial charge in [0.25, 0.3) is 0 Å². The number of amides is 1. The highest BCUT2D eigenvalue weighted by Gasteiger charge is 2.27. The van der Waals surface area contributed by atoms with Gasteiger partial charge in [0.15, 0.2) is 5.78 Å². The molecule has 3 rings (SSSR count). The lowest BCUT2D eigenvalue weighted by Crippen LogP contribution is -2.40. The summed E-state index contributed by atoms with van der Waals surface area (Å²) in [5.41, 5.74) is 20.4. The Balaban J connectivity index is 2.01. The molecular weight excluding hydrogens is 382 g/mol. The van der Waals surface area contributed by atoms with Gasteiger partial charge in [-0.1, -0.05) is 46.6 Å². The Morgan fingerprint density at radius 1 is 0.933 bits per heavy atom. The monoisotopic (exact) mass is 399 g/mol. The second kappa shape index (κ2) is 9.25. The van der Waals surface area contributed by atoms with Gasteiger partial charge in [0.1, 0.15) is 0 Å². The molecule has 2 aromatic rings. The quantitative estimate of drug-likeness (QED) is 0.292. The van der Waals surface area contributed by atoms with Crippen LogP contribution in [-0.4, -0.2) is 29.7 Å². The van der Waals surface area contributed by atoms with Crippen molar-refractivity contribution in [3.8, 4) is 0 Å². The molecule has 0 bridgehead atoms. The van der Waals surface area contributed by atoms with Gasteiger partial charge in [-0.25, -0.2) is 0 Å². The molecule has 1 amide bonds. The molecular formula is C21H17N7O2. The first-order valence-electron chi connectivity index (χ1n) is 9.02. The van der Waals surface area contributed by atoms with Gasteiger partial charge in [0, 0.05) is 52.4 Å². The topological polar surface area (TPSA) is 135 Å². The number of ketones is 1. The van der Waals surface area contributed by atoms with E-state index in [1.54, 1.807) is 65.6 Å². The first-order valence-corrected chi connectivity index (χ1v) is 9.02. The third-order valence-electron chi connectivity index (χ3n) is 4.49. The van der Waals surface area contributed by atoms with E-state index in [0.29, 0.717) is 33.6 Å². The highest BCUT2D eigenvalue weighted by molar-refractivity contribution is 6.15. The number of hydrogen-bond acceptors (Lipinski definition) is 4. The van der Waals surface area contributed by atoms with Gasteiger partial charge in [-0.3, -0.25) is 9.59 Å². The van der Waals surface area contributed by atoms with Gasteiger partial charge >= 0.3 is 0 Å². The summed E-state index contributed by atoms with van der Waals surface area (Å²) >= 11 is 0. The molecule has 1 aliphatic rings. The second-order valence-electron chi connectivity index (χ2n) is 6.61. The molecule has 9 heteroatoms. The first kappa shape index (κ1) is 20.4. The van der Waals surface area contributed by atoms with Crippen molar-refractivity contribution in [3.05, 3.63) is 91.7 Å². The third-order valence-corrected chi connectivity index (χ3v) is 4.49. The molecule has 30 heavy (non-hydrogen) atoms. The zero-order chi connectivity index (χ0) is 21.5. The van der Waals surface area contributed by atoms with E-state index in [4.69, 9.17) is 11.1 Å². The number of benzene rings is 2. The number of rotatable bonds is 4. The number of carbonyl (C=O) groups is 2. The van der Waals surface area contributed by atoms with Crippen molar-refractivity contribution < 1.29 is 9.59 Å². The van der Waals surface area contributed by atoms with Crippen LogP contribution in [0.2, 0.25) is 0 Å². The van der Waals surface area contributed by atoms with E-state index < -0.39 is 0 Å². The van der Waals surface area contributed by atoms with Crippen LogP contribution in [0.4, 0.5) is 11.4 Å². The lowest BCUT2D eigenvalue weighted by molar-refractivity contribution is -0.129. The van der Waals surface area contributed by atoms with Crippen molar-refractivity contribution in [3.63, 3.8) is 0 Å². The molecule has 0 saturated carbocycles. The summed E-state index contributed by atoms with van der Waals surface area (Å²) in [6.07, 6.45) is 3.39. The van der Waals surface area contributed by atoms with Crippen molar-refractivity contribution in [2.75, 3.05) is 13.1 Å². The molecule has 1 aliphatic heterocycles. The smallest absolute Gasteiger partial charge is 0.220 e. The molecule has 9 nitrogen and oxygen atoms in total. The third kappa shape index (κ3) is 4.94. The predicted molar refractivity (Wildman–Crippen MR) is 114 cm³/mol. The van der Waals surface area contributed by atoms with Crippen LogP contribution >= 0.6 is 0 Å². The molecule has 2 aromatic carbocycles. The van der Waals surface area contributed by atoms with Crippen LogP contribution in [-0.2, 0) is 9.59 Å². The Hall–Kier alpha value is -4.32. The number of azide groups is 2. The zero-order valence-electron chi connectivity index (χ0n) is 16.1. The van der Waals surface area contributed by atoms with E-state index in [0.717, 1.165) is 0 Å². The van der Waals surface area contributed by atoms with Crippen LogP contribution in [0.5, 0.6) is 0 Å². The van der Waals surface area contributed by atoms with Crippen LogP contribution in [0.1, 0.15) is 18.1 Å².